The maximum atomic E-state index is 9.96. The Morgan fingerprint density at radius 3 is 2.57 bits per heavy atom. The van der Waals surface area contributed by atoms with Gasteiger partial charge in [0.1, 0.15) is 5.75 Å². The number of nitrogens with one attached hydrogen (secondary N) is 1. The van der Waals surface area contributed by atoms with E-state index in [9.17, 15) is 5.11 Å². The molecule has 0 amide bonds. The molecule has 3 heteroatoms. The Hall–Kier alpha value is -1.32. The van der Waals surface area contributed by atoms with E-state index in [-0.39, 0.29) is 5.54 Å². The van der Waals surface area contributed by atoms with Crippen LogP contribution in [-0.2, 0) is 12.0 Å². The number of hydrogen-bond donors (Lipinski definition) is 2. The fraction of sp³-hybridized carbons (Fsp3) is 0.333. The fourth-order valence-corrected chi connectivity index (χ4v) is 3.43. The van der Waals surface area contributed by atoms with Crippen LogP contribution in [0.5, 0.6) is 5.75 Å². The highest BCUT2D eigenvalue weighted by molar-refractivity contribution is 9.10. The van der Waals surface area contributed by atoms with Crippen molar-refractivity contribution in [2.75, 3.05) is 0 Å². The first-order valence-corrected chi connectivity index (χ1v) is 8.11. The van der Waals surface area contributed by atoms with E-state index in [1.54, 1.807) is 6.07 Å². The van der Waals surface area contributed by atoms with Crippen molar-refractivity contribution in [2.24, 2.45) is 0 Å². The number of benzene rings is 2. The fourth-order valence-electron chi connectivity index (χ4n) is 3.17. The Kier molecular flexibility index (Phi) is 3.80. The van der Waals surface area contributed by atoms with E-state index in [0.29, 0.717) is 11.8 Å². The molecular formula is C18H20BrNO. The summed E-state index contributed by atoms with van der Waals surface area (Å²) >= 11 is 3.48. The second-order valence-corrected chi connectivity index (χ2v) is 7.13. The third kappa shape index (κ3) is 2.85. The maximum Gasteiger partial charge on any atom is 0.119 e. The zero-order valence-corrected chi connectivity index (χ0v) is 13.9. The number of halogens is 1. The Morgan fingerprint density at radius 2 is 1.86 bits per heavy atom. The minimum atomic E-state index is -0.113. The van der Waals surface area contributed by atoms with E-state index < -0.39 is 0 Å². The summed E-state index contributed by atoms with van der Waals surface area (Å²) in [6, 6.07) is 14.6. The van der Waals surface area contributed by atoms with Gasteiger partial charge in [-0.2, -0.15) is 0 Å². The molecule has 0 aromatic heterocycles. The van der Waals surface area contributed by atoms with Gasteiger partial charge < -0.3 is 10.4 Å². The Morgan fingerprint density at radius 1 is 1.14 bits per heavy atom. The summed E-state index contributed by atoms with van der Waals surface area (Å²) in [6.45, 7) is 4.41. The summed E-state index contributed by atoms with van der Waals surface area (Å²) in [5, 5.41) is 13.7. The normalized spacial score (nSPS) is 17.8. The lowest BCUT2D eigenvalue weighted by atomic mass is 9.92. The standard InChI is InChI=1S/C18H20BrNO/c1-18(2,12-6-8-13(19)9-7-12)20-16-11-10-15-14(16)4-3-5-17(15)21/h3-9,16,20-21H,10-11H2,1-2H3. The molecule has 0 saturated carbocycles. The molecule has 2 aromatic carbocycles. The summed E-state index contributed by atoms with van der Waals surface area (Å²) in [7, 11) is 0. The first-order valence-electron chi connectivity index (χ1n) is 7.32. The number of rotatable bonds is 3. The number of phenolic OH excluding ortho intramolecular Hbond substituents is 1. The molecule has 0 bridgehead atoms. The Bertz CT molecular complexity index is 649. The molecule has 1 aliphatic rings. The van der Waals surface area contributed by atoms with Gasteiger partial charge in [-0.3, -0.25) is 0 Å². The zero-order chi connectivity index (χ0) is 15.0. The first kappa shape index (κ1) is 14.6. The van der Waals surface area contributed by atoms with Crippen molar-refractivity contribution in [1.82, 2.24) is 5.32 Å². The Labute approximate surface area is 134 Å². The van der Waals surface area contributed by atoms with Crippen LogP contribution in [0.2, 0.25) is 0 Å². The van der Waals surface area contributed by atoms with Crippen molar-refractivity contribution in [1.29, 1.82) is 0 Å². The summed E-state index contributed by atoms with van der Waals surface area (Å²) in [4.78, 5) is 0. The van der Waals surface area contributed by atoms with Gasteiger partial charge in [0, 0.05) is 16.1 Å². The summed E-state index contributed by atoms with van der Waals surface area (Å²) in [5.41, 5.74) is 3.49. The van der Waals surface area contributed by atoms with Crippen LogP contribution in [0.1, 0.15) is 43.0 Å². The summed E-state index contributed by atoms with van der Waals surface area (Å²) in [5.74, 6) is 0.429. The molecule has 0 fully saturated rings. The number of aromatic hydroxyl groups is 1. The minimum Gasteiger partial charge on any atom is -0.508 e. The van der Waals surface area contributed by atoms with Gasteiger partial charge in [0.15, 0.2) is 0 Å². The zero-order valence-electron chi connectivity index (χ0n) is 12.4. The molecule has 1 atom stereocenters. The summed E-state index contributed by atoms with van der Waals surface area (Å²) in [6.07, 6.45) is 1.98. The molecular weight excluding hydrogens is 326 g/mol. The molecule has 21 heavy (non-hydrogen) atoms. The number of phenols is 1. The van der Waals surface area contributed by atoms with Crippen LogP contribution in [0.4, 0.5) is 0 Å². The Balaban J connectivity index is 1.85. The lowest BCUT2D eigenvalue weighted by Crippen LogP contribution is -2.38. The van der Waals surface area contributed by atoms with Crippen molar-refractivity contribution in [3.63, 3.8) is 0 Å². The van der Waals surface area contributed by atoms with Gasteiger partial charge in [-0.1, -0.05) is 40.2 Å². The van der Waals surface area contributed by atoms with E-state index in [0.717, 1.165) is 22.9 Å². The quantitative estimate of drug-likeness (QED) is 0.847. The van der Waals surface area contributed by atoms with E-state index in [4.69, 9.17) is 0 Å². The average Bonchev–Trinajstić information content (AvgIpc) is 2.83. The van der Waals surface area contributed by atoms with Crippen molar-refractivity contribution in [3.8, 4) is 5.75 Å². The molecule has 2 nitrogen and oxygen atoms in total. The predicted octanol–water partition coefficient (Wildman–Crippen LogP) is 4.67. The molecule has 0 spiro atoms. The largest absolute Gasteiger partial charge is 0.508 e. The van der Waals surface area contributed by atoms with Crippen molar-refractivity contribution >= 4 is 15.9 Å². The van der Waals surface area contributed by atoms with E-state index in [1.807, 2.05) is 6.07 Å². The number of fused-ring (bicyclic) bond motifs is 1. The second-order valence-electron chi connectivity index (χ2n) is 6.21. The van der Waals surface area contributed by atoms with Crippen molar-refractivity contribution in [3.05, 3.63) is 63.6 Å². The lowest BCUT2D eigenvalue weighted by molar-refractivity contribution is 0.343. The van der Waals surface area contributed by atoms with E-state index in [1.165, 1.54) is 11.1 Å². The van der Waals surface area contributed by atoms with E-state index >= 15 is 0 Å². The van der Waals surface area contributed by atoms with Gasteiger partial charge in [0.25, 0.3) is 0 Å². The topological polar surface area (TPSA) is 32.3 Å². The molecule has 2 aromatic rings. The molecule has 1 aliphatic carbocycles. The highest BCUT2D eigenvalue weighted by atomic mass is 79.9. The van der Waals surface area contributed by atoms with Gasteiger partial charge in [-0.05, 0) is 61.6 Å². The highest BCUT2D eigenvalue weighted by Crippen LogP contribution is 2.38. The van der Waals surface area contributed by atoms with E-state index in [2.05, 4.69) is 65.4 Å². The highest BCUT2D eigenvalue weighted by Gasteiger charge is 2.30. The van der Waals surface area contributed by atoms with Crippen molar-refractivity contribution in [2.45, 2.75) is 38.3 Å². The van der Waals surface area contributed by atoms with Crippen molar-refractivity contribution < 1.29 is 5.11 Å². The lowest BCUT2D eigenvalue weighted by Gasteiger charge is -2.31. The molecule has 1 unspecified atom stereocenters. The molecule has 0 heterocycles. The van der Waals surface area contributed by atoms with Crippen LogP contribution >= 0.6 is 15.9 Å². The third-order valence-corrected chi connectivity index (χ3v) is 4.88. The van der Waals surface area contributed by atoms with Gasteiger partial charge in [0.05, 0.1) is 0 Å². The van der Waals surface area contributed by atoms with Gasteiger partial charge in [-0.15, -0.1) is 0 Å². The third-order valence-electron chi connectivity index (χ3n) is 4.35. The minimum absolute atomic E-state index is 0.113. The van der Waals surface area contributed by atoms with Gasteiger partial charge in [-0.25, -0.2) is 0 Å². The molecule has 0 saturated heterocycles. The predicted molar refractivity (Wildman–Crippen MR) is 89.5 cm³/mol. The molecule has 0 aliphatic heterocycles. The number of hydrogen-bond acceptors (Lipinski definition) is 2. The van der Waals surface area contributed by atoms with Crippen LogP contribution in [0.15, 0.2) is 46.9 Å². The first-order chi connectivity index (χ1) is 9.97. The van der Waals surface area contributed by atoms with Crippen LogP contribution in [0.25, 0.3) is 0 Å². The molecule has 2 N–H and O–H groups in total. The second kappa shape index (κ2) is 5.47. The molecule has 0 radical (unpaired) electrons. The molecule has 110 valence electrons. The maximum absolute atomic E-state index is 9.96. The monoisotopic (exact) mass is 345 g/mol. The summed E-state index contributed by atoms with van der Waals surface area (Å²) < 4.78 is 1.10. The van der Waals surface area contributed by atoms with Crippen LogP contribution in [0, 0.1) is 0 Å². The average molecular weight is 346 g/mol. The van der Waals surface area contributed by atoms with Crippen LogP contribution in [0.3, 0.4) is 0 Å². The smallest absolute Gasteiger partial charge is 0.119 e. The van der Waals surface area contributed by atoms with Gasteiger partial charge in [0.2, 0.25) is 0 Å². The molecule has 3 rings (SSSR count). The SMILES string of the molecule is CC(C)(NC1CCc2c(O)cccc21)c1ccc(Br)cc1. The van der Waals surface area contributed by atoms with Crippen LogP contribution in [-0.4, -0.2) is 5.11 Å². The van der Waals surface area contributed by atoms with Crippen LogP contribution < -0.4 is 5.32 Å². The van der Waals surface area contributed by atoms with Gasteiger partial charge >= 0.3 is 0 Å².